The Morgan fingerprint density at radius 2 is 2.00 bits per heavy atom. The van der Waals surface area contributed by atoms with Crippen LogP contribution in [0.4, 0.5) is 5.69 Å². The van der Waals surface area contributed by atoms with Gasteiger partial charge in [-0.05, 0) is 32.0 Å². The van der Waals surface area contributed by atoms with Crippen LogP contribution in [0.2, 0.25) is 5.02 Å². The van der Waals surface area contributed by atoms with E-state index < -0.39 is 0 Å². The van der Waals surface area contributed by atoms with E-state index in [4.69, 9.17) is 17.3 Å². The van der Waals surface area contributed by atoms with Crippen molar-refractivity contribution in [2.24, 2.45) is 0 Å². The fourth-order valence-electron chi connectivity index (χ4n) is 1.39. The number of amides is 1. The Hall–Kier alpha value is -1.22. The van der Waals surface area contributed by atoms with Crippen LogP contribution in [-0.4, -0.2) is 23.9 Å². The summed E-state index contributed by atoms with van der Waals surface area (Å²) in [5, 5.41) is 0.445. The predicted octanol–water partition coefficient (Wildman–Crippen LogP) is 2.40. The highest BCUT2D eigenvalue weighted by Crippen LogP contribution is 2.20. The van der Waals surface area contributed by atoms with Gasteiger partial charge < -0.3 is 10.6 Å². The van der Waals surface area contributed by atoms with Crippen LogP contribution >= 0.6 is 11.6 Å². The zero-order valence-electron chi connectivity index (χ0n) is 8.96. The number of benzene rings is 1. The number of anilines is 1. The Kier molecular flexibility index (Phi) is 3.97. The molecule has 0 aromatic heterocycles. The first-order chi connectivity index (χ1) is 7.10. The number of hydrogen-bond acceptors (Lipinski definition) is 2. The maximum atomic E-state index is 12.0. The summed E-state index contributed by atoms with van der Waals surface area (Å²) in [6.45, 7) is 5.20. The molecular formula is C11H15ClN2O. The van der Waals surface area contributed by atoms with E-state index in [9.17, 15) is 4.79 Å². The number of hydrogen-bond donors (Lipinski definition) is 1. The Bertz CT molecular complexity index is 362. The van der Waals surface area contributed by atoms with Crippen molar-refractivity contribution in [3.63, 3.8) is 0 Å². The molecule has 4 heteroatoms. The predicted molar refractivity (Wildman–Crippen MR) is 63.1 cm³/mol. The van der Waals surface area contributed by atoms with Gasteiger partial charge in [0.05, 0.1) is 10.6 Å². The molecule has 0 unspecified atom stereocenters. The van der Waals surface area contributed by atoms with E-state index >= 15 is 0 Å². The summed E-state index contributed by atoms with van der Waals surface area (Å²) in [6.07, 6.45) is 0. The van der Waals surface area contributed by atoms with Crippen molar-refractivity contribution in [3.05, 3.63) is 28.8 Å². The van der Waals surface area contributed by atoms with E-state index in [-0.39, 0.29) is 5.91 Å². The second kappa shape index (κ2) is 5.03. The van der Waals surface area contributed by atoms with Gasteiger partial charge in [-0.3, -0.25) is 4.79 Å². The van der Waals surface area contributed by atoms with E-state index in [0.29, 0.717) is 29.4 Å². The van der Waals surface area contributed by atoms with Gasteiger partial charge in [0.25, 0.3) is 5.91 Å². The minimum absolute atomic E-state index is 0.0719. The van der Waals surface area contributed by atoms with Gasteiger partial charge in [-0.25, -0.2) is 0 Å². The lowest BCUT2D eigenvalue weighted by Crippen LogP contribution is -2.30. The molecule has 1 rings (SSSR count). The molecule has 0 aliphatic rings. The van der Waals surface area contributed by atoms with E-state index in [0.717, 1.165) is 0 Å². The van der Waals surface area contributed by atoms with Gasteiger partial charge in [-0.2, -0.15) is 0 Å². The number of nitrogens with two attached hydrogens (primary N) is 1. The quantitative estimate of drug-likeness (QED) is 0.805. The molecule has 0 radical (unpaired) electrons. The van der Waals surface area contributed by atoms with E-state index in [1.807, 2.05) is 13.8 Å². The van der Waals surface area contributed by atoms with Gasteiger partial charge >= 0.3 is 0 Å². The minimum Gasteiger partial charge on any atom is -0.399 e. The third-order valence-corrected chi connectivity index (χ3v) is 2.60. The lowest BCUT2D eigenvalue weighted by atomic mass is 10.1. The molecule has 1 aromatic rings. The van der Waals surface area contributed by atoms with E-state index in [1.54, 1.807) is 23.1 Å². The molecule has 3 nitrogen and oxygen atoms in total. The summed E-state index contributed by atoms with van der Waals surface area (Å²) in [5.41, 5.74) is 6.64. The number of halogens is 1. The number of carbonyl (C=O) groups is 1. The highest BCUT2D eigenvalue weighted by atomic mass is 35.5. The van der Waals surface area contributed by atoms with Gasteiger partial charge in [0, 0.05) is 18.8 Å². The second-order valence-electron chi connectivity index (χ2n) is 3.22. The van der Waals surface area contributed by atoms with Crippen LogP contribution in [0.1, 0.15) is 24.2 Å². The topological polar surface area (TPSA) is 46.3 Å². The molecule has 1 amide bonds. The molecule has 0 fully saturated rings. The standard InChI is InChI=1S/C11H15ClN2O/c1-3-14(4-2)11(15)9-7-8(13)5-6-10(9)12/h5-7H,3-4,13H2,1-2H3. The van der Waals surface area contributed by atoms with Crippen LogP contribution in [-0.2, 0) is 0 Å². The average Bonchev–Trinajstić information content (AvgIpc) is 2.23. The number of nitrogens with zero attached hydrogens (tertiary/aromatic N) is 1. The fourth-order valence-corrected chi connectivity index (χ4v) is 1.59. The monoisotopic (exact) mass is 226 g/mol. The summed E-state index contributed by atoms with van der Waals surface area (Å²) in [6, 6.07) is 4.94. The largest absolute Gasteiger partial charge is 0.399 e. The van der Waals surface area contributed by atoms with Crippen molar-refractivity contribution in [2.45, 2.75) is 13.8 Å². The first-order valence-electron chi connectivity index (χ1n) is 4.94. The number of nitrogen functional groups attached to an aromatic ring is 1. The normalized spacial score (nSPS) is 10.1. The van der Waals surface area contributed by atoms with Gasteiger partial charge in [-0.15, -0.1) is 0 Å². The summed E-state index contributed by atoms with van der Waals surface area (Å²) in [7, 11) is 0. The number of carbonyl (C=O) groups excluding carboxylic acids is 1. The van der Waals surface area contributed by atoms with Crippen molar-refractivity contribution >= 4 is 23.2 Å². The number of rotatable bonds is 3. The molecule has 0 bridgehead atoms. The van der Waals surface area contributed by atoms with Crippen LogP contribution < -0.4 is 5.73 Å². The van der Waals surface area contributed by atoms with E-state index in [2.05, 4.69) is 0 Å². The second-order valence-corrected chi connectivity index (χ2v) is 3.62. The van der Waals surface area contributed by atoms with Crippen molar-refractivity contribution in [1.29, 1.82) is 0 Å². The van der Waals surface area contributed by atoms with Crippen LogP contribution in [0.5, 0.6) is 0 Å². The molecule has 0 heterocycles. The van der Waals surface area contributed by atoms with Gasteiger partial charge in [-0.1, -0.05) is 11.6 Å². The van der Waals surface area contributed by atoms with Crippen molar-refractivity contribution in [1.82, 2.24) is 4.90 Å². The van der Waals surface area contributed by atoms with Crippen molar-refractivity contribution in [2.75, 3.05) is 18.8 Å². The Morgan fingerprint density at radius 3 is 2.53 bits per heavy atom. The molecule has 82 valence electrons. The third kappa shape index (κ3) is 2.63. The fraction of sp³-hybridized carbons (Fsp3) is 0.364. The average molecular weight is 227 g/mol. The molecule has 0 atom stereocenters. The molecule has 0 saturated heterocycles. The third-order valence-electron chi connectivity index (χ3n) is 2.27. The van der Waals surface area contributed by atoms with Crippen molar-refractivity contribution in [3.8, 4) is 0 Å². The van der Waals surface area contributed by atoms with Gasteiger partial charge in [0.2, 0.25) is 0 Å². The maximum absolute atomic E-state index is 12.0. The molecule has 0 aliphatic carbocycles. The summed E-state index contributed by atoms with van der Waals surface area (Å²) in [5.74, 6) is -0.0719. The lowest BCUT2D eigenvalue weighted by molar-refractivity contribution is 0.0773. The van der Waals surface area contributed by atoms with Gasteiger partial charge in [0.15, 0.2) is 0 Å². The van der Waals surface area contributed by atoms with Crippen LogP contribution in [0, 0.1) is 0 Å². The Labute approximate surface area is 94.8 Å². The first kappa shape index (κ1) is 11.9. The summed E-state index contributed by atoms with van der Waals surface area (Å²) in [4.78, 5) is 13.7. The SMILES string of the molecule is CCN(CC)C(=O)c1cc(N)ccc1Cl. The van der Waals surface area contributed by atoms with Crippen molar-refractivity contribution < 1.29 is 4.79 Å². The molecular weight excluding hydrogens is 212 g/mol. The summed E-state index contributed by atoms with van der Waals surface area (Å²) < 4.78 is 0. The van der Waals surface area contributed by atoms with E-state index in [1.165, 1.54) is 0 Å². The van der Waals surface area contributed by atoms with Crippen LogP contribution in [0.3, 0.4) is 0 Å². The molecule has 2 N–H and O–H groups in total. The molecule has 1 aromatic carbocycles. The minimum atomic E-state index is -0.0719. The Morgan fingerprint density at radius 1 is 1.40 bits per heavy atom. The zero-order valence-corrected chi connectivity index (χ0v) is 9.71. The molecule has 0 spiro atoms. The summed E-state index contributed by atoms with van der Waals surface area (Å²) >= 11 is 5.95. The molecule has 0 aliphatic heterocycles. The highest BCUT2D eigenvalue weighted by Gasteiger charge is 2.15. The Balaban J connectivity index is 3.04. The van der Waals surface area contributed by atoms with Crippen LogP contribution in [0.15, 0.2) is 18.2 Å². The molecule has 15 heavy (non-hydrogen) atoms. The zero-order chi connectivity index (χ0) is 11.4. The molecule has 0 saturated carbocycles. The maximum Gasteiger partial charge on any atom is 0.255 e. The highest BCUT2D eigenvalue weighted by molar-refractivity contribution is 6.34. The lowest BCUT2D eigenvalue weighted by Gasteiger charge is -2.19. The smallest absolute Gasteiger partial charge is 0.255 e. The van der Waals surface area contributed by atoms with Gasteiger partial charge in [0.1, 0.15) is 0 Å². The first-order valence-corrected chi connectivity index (χ1v) is 5.32. The van der Waals surface area contributed by atoms with Crippen LogP contribution in [0.25, 0.3) is 0 Å².